The van der Waals surface area contributed by atoms with Crippen molar-refractivity contribution in [1.29, 1.82) is 0 Å². The monoisotopic (exact) mass is 450 g/mol. The predicted octanol–water partition coefficient (Wildman–Crippen LogP) is 1.60. The minimum atomic E-state index is -3.93. The van der Waals surface area contributed by atoms with Gasteiger partial charge in [-0.15, -0.1) is 0 Å². The predicted molar refractivity (Wildman–Crippen MR) is 111 cm³/mol. The molecule has 0 bridgehead atoms. The molecule has 166 valence electrons. The molecule has 3 heterocycles. The van der Waals surface area contributed by atoms with Gasteiger partial charge in [-0.2, -0.15) is 0 Å². The van der Waals surface area contributed by atoms with Crippen molar-refractivity contribution in [2.75, 3.05) is 27.4 Å². The lowest BCUT2D eigenvalue weighted by molar-refractivity contribution is -0.0611. The number of fused-ring (bicyclic) bond motifs is 1. The maximum Gasteiger partial charge on any atom is 0.243 e. The van der Waals surface area contributed by atoms with Crippen LogP contribution in [-0.2, 0) is 25.0 Å². The number of aromatic nitrogens is 1. The van der Waals surface area contributed by atoms with Crippen LogP contribution in [0.25, 0.3) is 0 Å². The fourth-order valence-electron chi connectivity index (χ4n) is 3.96. The summed E-state index contributed by atoms with van der Waals surface area (Å²) in [7, 11) is -1.10. The van der Waals surface area contributed by atoms with Crippen molar-refractivity contribution in [3.63, 3.8) is 0 Å². The minimum Gasteiger partial charge on any atom is -0.456 e. The lowest BCUT2D eigenvalue weighted by Gasteiger charge is -2.47. The second kappa shape index (κ2) is 8.06. The summed E-state index contributed by atoms with van der Waals surface area (Å²) in [5.74, 6) is -0.105. The molecule has 9 nitrogen and oxygen atoms in total. The zero-order chi connectivity index (χ0) is 22.2. The molecule has 1 saturated heterocycles. The summed E-state index contributed by atoms with van der Waals surface area (Å²) in [5.41, 5.74) is 4.42. The Balaban J connectivity index is 1.82. The molecule has 31 heavy (non-hydrogen) atoms. The van der Waals surface area contributed by atoms with Gasteiger partial charge in [-0.25, -0.2) is 22.1 Å². The van der Waals surface area contributed by atoms with Gasteiger partial charge in [0, 0.05) is 25.9 Å². The van der Waals surface area contributed by atoms with E-state index in [1.807, 2.05) is 0 Å². The average Bonchev–Trinajstić information content (AvgIpc) is 2.75. The lowest BCUT2D eigenvalue weighted by Crippen LogP contribution is -2.62. The third-order valence-corrected chi connectivity index (χ3v) is 7.81. The van der Waals surface area contributed by atoms with Crippen LogP contribution in [0, 0.1) is 5.82 Å². The topological polar surface area (TPSA) is 116 Å². The fraction of sp³-hybridized carbons (Fsp3) is 0.400. The molecule has 1 aromatic carbocycles. The van der Waals surface area contributed by atoms with Crippen LogP contribution in [0.1, 0.15) is 12.0 Å². The third kappa shape index (κ3) is 3.73. The van der Waals surface area contributed by atoms with Crippen LogP contribution >= 0.6 is 0 Å². The lowest BCUT2D eigenvalue weighted by atomic mass is 9.82. The summed E-state index contributed by atoms with van der Waals surface area (Å²) >= 11 is 0. The second-order valence-electron chi connectivity index (χ2n) is 7.45. The smallest absolute Gasteiger partial charge is 0.243 e. The molecule has 2 aliphatic rings. The molecule has 0 aliphatic carbocycles. The number of hydrogen-bond acceptors (Lipinski definition) is 8. The van der Waals surface area contributed by atoms with Gasteiger partial charge in [0.25, 0.3) is 0 Å². The van der Waals surface area contributed by atoms with Gasteiger partial charge in [-0.1, -0.05) is 0 Å². The molecule has 0 spiro atoms. The van der Waals surface area contributed by atoms with Gasteiger partial charge in [0.05, 0.1) is 25.5 Å². The van der Waals surface area contributed by atoms with Gasteiger partial charge in [0.1, 0.15) is 28.1 Å². The van der Waals surface area contributed by atoms with Crippen molar-refractivity contribution >= 4 is 16.0 Å². The van der Waals surface area contributed by atoms with Crippen molar-refractivity contribution in [1.82, 2.24) is 9.29 Å². The van der Waals surface area contributed by atoms with Crippen molar-refractivity contribution in [3.8, 4) is 11.5 Å². The highest BCUT2D eigenvalue weighted by Gasteiger charge is 2.57. The highest BCUT2D eigenvalue weighted by atomic mass is 32.2. The number of guanidine groups is 1. The second-order valence-corrected chi connectivity index (χ2v) is 9.60. The summed E-state index contributed by atoms with van der Waals surface area (Å²) in [6, 6.07) is 7.50. The van der Waals surface area contributed by atoms with Crippen molar-refractivity contribution in [2.45, 2.75) is 23.3 Å². The summed E-state index contributed by atoms with van der Waals surface area (Å²) in [6.45, 7) is 0.0321. The molecule has 4 rings (SSSR count). The van der Waals surface area contributed by atoms with Crippen LogP contribution in [0.15, 0.2) is 47.7 Å². The van der Waals surface area contributed by atoms with E-state index < -0.39 is 32.7 Å². The number of hydrogen-bond donors (Lipinski definition) is 1. The van der Waals surface area contributed by atoms with Crippen molar-refractivity contribution in [3.05, 3.63) is 54.1 Å². The molecule has 0 amide bonds. The number of nitrogens with zero attached hydrogens (tertiary/aromatic N) is 3. The Morgan fingerprint density at radius 2 is 2.16 bits per heavy atom. The molecular formula is C20H23FN4O5S. The molecule has 2 aliphatic heterocycles. The number of aliphatic imine (C=N–C) groups is 1. The molecule has 0 radical (unpaired) electrons. The van der Waals surface area contributed by atoms with E-state index in [9.17, 15) is 8.42 Å². The number of ether oxygens (including phenoxy) is 3. The first-order chi connectivity index (χ1) is 14.8. The van der Waals surface area contributed by atoms with Gasteiger partial charge >= 0.3 is 0 Å². The Morgan fingerprint density at radius 3 is 2.87 bits per heavy atom. The number of pyridine rings is 1. The summed E-state index contributed by atoms with van der Waals surface area (Å²) in [5, 5.41) is -1.09. The number of nitrogens with two attached hydrogens (primary N) is 1. The Hall–Kier alpha value is -2.76. The maximum absolute atomic E-state index is 15.1. The van der Waals surface area contributed by atoms with Crippen LogP contribution in [0.2, 0.25) is 0 Å². The average molecular weight is 450 g/mol. The zero-order valence-electron chi connectivity index (χ0n) is 17.1. The number of benzene rings is 1. The van der Waals surface area contributed by atoms with Crippen LogP contribution in [0.5, 0.6) is 11.5 Å². The Morgan fingerprint density at radius 1 is 1.35 bits per heavy atom. The Bertz CT molecular complexity index is 1100. The Labute approximate surface area is 179 Å². The molecule has 2 N–H and O–H groups in total. The van der Waals surface area contributed by atoms with E-state index in [4.69, 9.17) is 19.9 Å². The molecule has 0 saturated carbocycles. The maximum atomic E-state index is 15.1. The van der Waals surface area contributed by atoms with Gasteiger partial charge in [-0.3, -0.25) is 4.98 Å². The fourth-order valence-corrected chi connectivity index (χ4v) is 5.85. The number of rotatable bonds is 5. The van der Waals surface area contributed by atoms with Crippen LogP contribution < -0.4 is 10.5 Å². The largest absolute Gasteiger partial charge is 0.456 e. The first-order valence-corrected chi connectivity index (χ1v) is 11.1. The Kier molecular flexibility index (Phi) is 5.58. The highest BCUT2D eigenvalue weighted by molar-refractivity contribution is 7.90. The number of methoxy groups -OCH3 is 1. The zero-order valence-corrected chi connectivity index (χ0v) is 17.9. The number of sulfonamides is 1. The van der Waals surface area contributed by atoms with E-state index >= 15 is 4.39 Å². The first kappa shape index (κ1) is 21.5. The van der Waals surface area contributed by atoms with E-state index in [0.717, 1.165) is 4.31 Å². The molecule has 3 atom stereocenters. The summed E-state index contributed by atoms with van der Waals surface area (Å²) in [6.07, 6.45) is 2.71. The van der Waals surface area contributed by atoms with Gasteiger partial charge < -0.3 is 19.9 Å². The molecule has 0 unspecified atom stereocenters. The van der Waals surface area contributed by atoms with Gasteiger partial charge in [0.15, 0.2) is 0 Å². The van der Waals surface area contributed by atoms with E-state index in [2.05, 4.69) is 9.98 Å². The van der Waals surface area contributed by atoms with E-state index in [1.54, 1.807) is 18.3 Å². The standard InChI is InChI=1S/C20H23FN4O5S/c1-25-19(22)24-20(12-29-15(11-28-2)9-18(20)31(25,26)27)16-8-13(5-6-17(16)21)30-14-4-3-7-23-10-14/h3-8,10,15,18H,9,11-12H2,1-2H3,(H2,22,24)/t15-,18-,20-/m1/s1. The highest BCUT2D eigenvalue weighted by Crippen LogP contribution is 2.45. The molecule has 11 heteroatoms. The molecule has 2 aromatic rings. The van der Waals surface area contributed by atoms with Gasteiger partial charge in [0.2, 0.25) is 16.0 Å². The first-order valence-electron chi connectivity index (χ1n) is 9.59. The van der Waals surface area contributed by atoms with Crippen LogP contribution in [0.4, 0.5) is 4.39 Å². The minimum absolute atomic E-state index is 0.0365. The van der Waals surface area contributed by atoms with E-state index in [1.165, 1.54) is 38.6 Å². The summed E-state index contributed by atoms with van der Waals surface area (Å²) < 4.78 is 59.4. The quantitative estimate of drug-likeness (QED) is 0.735. The van der Waals surface area contributed by atoms with Crippen molar-refractivity contribution in [2.24, 2.45) is 10.7 Å². The molecule has 1 fully saturated rings. The third-order valence-electron chi connectivity index (χ3n) is 5.55. The van der Waals surface area contributed by atoms with Crippen LogP contribution in [0.3, 0.4) is 0 Å². The summed E-state index contributed by atoms with van der Waals surface area (Å²) in [4.78, 5) is 8.44. The SMILES string of the molecule is COC[C@H]1C[C@@H]2[C@](c3cc(Oc4cccnc4)ccc3F)(CO1)N=C(N)N(C)S2(=O)=O. The molecule has 1 aromatic heterocycles. The molecular weight excluding hydrogens is 427 g/mol. The van der Waals surface area contributed by atoms with E-state index in [-0.39, 0.29) is 31.2 Å². The van der Waals surface area contributed by atoms with E-state index in [0.29, 0.717) is 11.5 Å². The van der Waals surface area contributed by atoms with Gasteiger partial charge in [-0.05, 0) is 36.8 Å². The van der Waals surface area contributed by atoms with Crippen LogP contribution in [-0.4, -0.2) is 62.4 Å². The normalized spacial score (nSPS) is 27.3. The van der Waals surface area contributed by atoms with Crippen molar-refractivity contribution < 1.29 is 27.0 Å². The number of halogens is 1.